The summed E-state index contributed by atoms with van der Waals surface area (Å²) in [6.45, 7) is 2.79. The molecule has 1 aliphatic carbocycles. The van der Waals surface area contributed by atoms with Crippen molar-refractivity contribution in [3.8, 4) is 5.75 Å². The Morgan fingerprint density at radius 1 is 1.33 bits per heavy atom. The van der Waals surface area contributed by atoms with Crippen molar-refractivity contribution in [2.75, 3.05) is 7.05 Å². The summed E-state index contributed by atoms with van der Waals surface area (Å²) >= 11 is 1.68. The lowest BCUT2D eigenvalue weighted by Gasteiger charge is -2.40. The SMILES string of the molecule is CN=C(NCc1scnc1C)NC1CC2(CCCC2)Oc2ccccc21.I. The zero-order chi connectivity index (χ0) is 18.0. The number of hydrogen-bond acceptors (Lipinski definition) is 4. The van der Waals surface area contributed by atoms with Gasteiger partial charge in [0.15, 0.2) is 5.96 Å². The summed E-state index contributed by atoms with van der Waals surface area (Å²) in [5.41, 5.74) is 4.18. The second-order valence-corrected chi connectivity index (χ2v) is 8.16. The zero-order valence-corrected chi connectivity index (χ0v) is 19.0. The third kappa shape index (κ3) is 4.39. The molecule has 1 aliphatic heterocycles. The Labute approximate surface area is 182 Å². The highest BCUT2D eigenvalue weighted by Crippen LogP contribution is 2.46. The maximum atomic E-state index is 6.45. The Hall–Kier alpha value is -1.35. The van der Waals surface area contributed by atoms with Crippen molar-refractivity contribution < 1.29 is 4.74 Å². The maximum Gasteiger partial charge on any atom is 0.191 e. The van der Waals surface area contributed by atoms with Gasteiger partial charge < -0.3 is 15.4 Å². The van der Waals surface area contributed by atoms with E-state index in [0.717, 1.165) is 43.2 Å². The molecule has 2 aliphatic rings. The Morgan fingerprint density at radius 3 is 2.81 bits per heavy atom. The standard InChI is InChI=1S/C20H26N4OS.HI/c1-14-18(26-13-23-14)12-22-19(21-2)24-16-11-20(9-5-6-10-20)25-17-8-4-3-7-15(16)17;/h3-4,7-8,13,16H,5-6,9-12H2,1-2H3,(H2,21,22,24);1H. The summed E-state index contributed by atoms with van der Waals surface area (Å²) in [5, 5.41) is 7.08. The molecule has 0 radical (unpaired) electrons. The summed E-state index contributed by atoms with van der Waals surface area (Å²) in [5.74, 6) is 1.85. The predicted octanol–water partition coefficient (Wildman–Crippen LogP) is 4.57. The molecule has 1 aromatic heterocycles. The van der Waals surface area contributed by atoms with Crippen LogP contribution in [0.25, 0.3) is 0 Å². The molecule has 4 rings (SSSR count). The van der Waals surface area contributed by atoms with Gasteiger partial charge in [0.05, 0.1) is 23.8 Å². The van der Waals surface area contributed by atoms with Gasteiger partial charge in [-0.15, -0.1) is 35.3 Å². The molecule has 5 nitrogen and oxygen atoms in total. The first-order valence-corrected chi connectivity index (χ1v) is 10.2. The third-order valence-corrected chi connectivity index (χ3v) is 6.44. The van der Waals surface area contributed by atoms with E-state index in [1.165, 1.54) is 23.3 Å². The largest absolute Gasteiger partial charge is 0.487 e. The van der Waals surface area contributed by atoms with Crippen LogP contribution in [0.3, 0.4) is 0 Å². The molecule has 2 heterocycles. The van der Waals surface area contributed by atoms with Gasteiger partial charge in [-0.25, -0.2) is 4.98 Å². The number of guanidine groups is 1. The van der Waals surface area contributed by atoms with E-state index in [1.807, 2.05) is 19.5 Å². The molecule has 27 heavy (non-hydrogen) atoms. The number of nitrogens with one attached hydrogen (secondary N) is 2. The van der Waals surface area contributed by atoms with Crippen molar-refractivity contribution >= 4 is 41.3 Å². The minimum atomic E-state index is -0.0148. The molecular weight excluding hydrogens is 471 g/mol. The topological polar surface area (TPSA) is 58.5 Å². The van der Waals surface area contributed by atoms with Gasteiger partial charge in [-0.3, -0.25) is 4.99 Å². The summed E-state index contributed by atoms with van der Waals surface area (Å²) in [6, 6.07) is 8.62. The van der Waals surface area contributed by atoms with Crippen molar-refractivity contribution in [2.45, 2.75) is 57.2 Å². The van der Waals surface area contributed by atoms with Crippen LogP contribution < -0.4 is 15.4 Å². The van der Waals surface area contributed by atoms with Crippen LogP contribution >= 0.6 is 35.3 Å². The molecule has 0 saturated heterocycles. The molecular formula is C20H27IN4OS. The number of rotatable bonds is 3. The molecule has 0 bridgehead atoms. The summed E-state index contributed by atoms with van der Waals surface area (Å²) < 4.78 is 6.45. The molecule has 7 heteroatoms. The van der Waals surface area contributed by atoms with Crippen molar-refractivity contribution in [1.29, 1.82) is 0 Å². The number of halogens is 1. The van der Waals surface area contributed by atoms with E-state index < -0.39 is 0 Å². The van der Waals surface area contributed by atoms with Crippen LogP contribution in [0.5, 0.6) is 5.75 Å². The van der Waals surface area contributed by atoms with Gasteiger partial charge in [0, 0.05) is 23.9 Å². The number of nitrogens with zero attached hydrogens (tertiary/aromatic N) is 2. The summed E-state index contributed by atoms with van der Waals surface area (Å²) in [4.78, 5) is 10.00. The third-order valence-electron chi connectivity index (χ3n) is 5.51. The van der Waals surface area contributed by atoms with Crippen LogP contribution in [-0.4, -0.2) is 23.6 Å². The number of thiazole rings is 1. The van der Waals surface area contributed by atoms with Crippen molar-refractivity contribution in [1.82, 2.24) is 15.6 Å². The van der Waals surface area contributed by atoms with Gasteiger partial charge in [-0.2, -0.15) is 0 Å². The Morgan fingerprint density at radius 2 is 2.11 bits per heavy atom. The van der Waals surface area contributed by atoms with Gasteiger partial charge in [-0.1, -0.05) is 18.2 Å². The normalized spacial score (nSPS) is 20.5. The van der Waals surface area contributed by atoms with E-state index in [4.69, 9.17) is 4.74 Å². The number of fused-ring (bicyclic) bond motifs is 1. The molecule has 2 N–H and O–H groups in total. The Bertz CT molecular complexity index is 801. The number of aryl methyl sites for hydroxylation is 1. The molecule has 1 unspecified atom stereocenters. The van der Waals surface area contributed by atoms with E-state index in [-0.39, 0.29) is 35.6 Å². The van der Waals surface area contributed by atoms with E-state index in [1.54, 1.807) is 11.3 Å². The van der Waals surface area contributed by atoms with Gasteiger partial charge in [0.2, 0.25) is 0 Å². The summed E-state index contributed by atoms with van der Waals surface area (Å²) in [6.07, 6.45) is 5.79. The number of ether oxygens (including phenoxy) is 1. The van der Waals surface area contributed by atoms with Crippen LogP contribution in [0.1, 0.15) is 54.3 Å². The highest BCUT2D eigenvalue weighted by molar-refractivity contribution is 14.0. The average molecular weight is 498 g/mol. The molecule has 0 amide bonds. The predicted molar refractivity (Wildman–Crippen MR) is 121 cm³/mol. The van der Waals surface area contributed by atoms with E-state index >= 15 is 0 Å². The van der Waals surface area contributed by atoms with E-state index in [2.05, 4.69) is 44.9 Å². The van der Waals surface area contributed by atoms with Crippen LogP contribution in [0.2, 0.25) is 0 Å². The number of para-hydroxylation sites is 1. The molecule has 146 valence electrons. The van der Waals surface area contributed by atoms with Crippen LogP contribution in [0.15, 0.2) is 34.8 Å². The molecule has 2 aromatic rings. The Balaban J connectivity index is 0.00000210. The maximum absolute atomic E-state index is 6.45. The minimum absolute atomic E-state index is 0. The molecule has 1 atom stereocenters. The second-order valence-electron chi connectivity index (χ2n) is 7.22. The number of benzene rings is 1. The number of aliphatic imine (C=N–C) groups is 1. The van der Waals surface area contributed by atoms with Crippen LogP contribution in [-0.2, 0) is 6.54 Å². The molecule has 1 spiro atoms. The van der Waals surface area contributed by atoms with Gasteiger partial charge in [-0.05, 0) is 38.7 Å². The molecule has 1 saturated carbocycles. The lowest BCUT2D eigenvalue weighted by molar-refractivity contribution is 0.0396. The van der Waals surface area contributed by atoms with E-state index in [9.17, 15) is 0 Å². The fourth-order valence-electron chi connectivity index (χ4n) is 4.09. The average Bonchev–Trinajstić information content (AvgIpc) is 3.27. The van der Waals surface area contributed by atoms with Gasteiger partial charge in [0.25, 0.3) is 0 Å². The molecule has 1 fully saturated rings. The van der Waals surface area contributed by atoms with Crippen molar-refractivity contribution in [3.05, 3.63) is 45.9 Å². The highest BCUT2D eigenvalue weighted by atomic mass is 127. The first kappa shape index (κ1) is 20.4. The first-order chi connectivity index (χ1) is 12.7. The Kier molecular flexibility index (Phi) is 6.62. The monoisotopic (exact) mass is 498 g/mol. The van der Waals surface area contributed by atoms with Crippen LogP contribution in [0.4, 0.5) is 0 Å². The van der Waals surface area contributed by atoms with Crippen molar-refractivity contribution in [2.24, 2.45) is 4.99 Å². The van der Waals surface area contributed by atoms with Crippen LogP contribution in [0, 0.1) is 6.92 Å². The number of aromatic nitrogens is 1. The van der Waals surface area contributed by atoms with E-state index in [0.29, 0.717) is 0 Å². The van der Waals surface area contributed by atoms with Crippen molar-refractivity contribution in [3.63, 3.8) is 0 Å². The number of hydrogen-bond donors (Lipinski definition) is 2. The fraction of sp³-hybridized carbons (Fsp3) is 0.500. The lowest BCUT2D eigenvalue weighted by atomic mass is 9.86. The highest BCUT2D eigenvalue weighted by Gasteiger charge is 2.43. The van der Waals surface area contributed by atoms with Gasteiger partial charge in [0.1, 0.15) is 11.4 Å². The zero-order valence-electron chi connectivity index (χ0n) is 15.8. The fourth-order valence-corrected chi connectivity index (χ4v) is 4.81. The second kappa shape index (κ2) is 8.77. The summed E-state index contributed by atoms with van der Waals surface area (Å²) in [7, 11) is 1.82. The first-order valence-electron chi connectivity index (χ1n) is 9.33. The van der Waals surface area contributed by atoms with Gasteiger partial charge >= 0.3 is 0 Å². The molecule has 1 aromatic carbocycles. The smallest absolute Gasteiger partial charge is 0.191 e. The quantitative estimate of drug-likeness (QED) is 0.370. The lowest BCUT2D eigenvalue weighted by Crippen LogP contribution is -2.46. The minimum Gasteiger partial charge on any atom is -0.487 e.